The van der Waals surface area contributed by atoms with Crippen LogP contribution in [0.1, 0.15) is 51.4 Å². The van der Waals surface area contributed by atoms with Crippen molar-refractivity contribution in [2.24, 2.45) is 0 Å². The molecule has 10 heteroatoms. The van der Waals surface area contributed by atoms with E-state index >= 15 is 0 Å². The van der Waals surface area contributed by atoms with Crippen molar-refractivity contribution in [1.82, 2.24) is 0 Å². The summed E-state index contributed by atoms with van der Waals surface area (Å²) < 4.78 is 23.4. The van der Waals surface area contributed by atoms with Gasteiger partial charge in [-0.25, -0.2) is 0 Å². The minimum atomic E-state index is -0.0826. The molecule has 0 bridgehead atoms. The molecule has 0 saturated carbocycles. The van der Waals surface area contributed by atoms with Crippen molar-refractivity contribution in [3.05, 3.63) is 0 Å². The van der Waals surface area contributed by atoms with Gasteiger partial charge in [-0.1, -0.05) is 25.7 Å². The van der Waals surface area contributed by atoms with Crippen LogP contribution in [0.3, 0.4) is 0 Å². The van der Waals surface area contributed by atoms with E-state index in [1.807, 2.05) is 0 Å². The first-order valence-electron chi connectivity index (χ1n) is 12.5. The van der Waals surface area contributed by atoms with Crippen LogP contribution in [0.2, 0.25) is 0 Å². The fourth-order valence-electron chi connectivity index (χ4n) is 4.16. The van der Waals surface area contributed by atoms with Crippen molar-refractivity contribution in [3.8, 4) is 0 Å². The Morgan fingerprint density at radius 2 is 0.941 bits per heavy atom. The van der Waals surface area contributed by atoms with E-state index in [0.717, 1.165) is 113 Å². The number of carbonyl (C=O) groups is 2. The Bertz CT molecular complexity index is 508. The van der Waals surface area contributed by atoms with E-state index in [4.69, 9.17) is 18.9 Å². The molecular formula is C24H46I2N2O6. The van der Waals surface area contributed by atoms with Gasteiger partial charge in [-0.3, -0.25) is 9.59 Å². The molecular weight excluding hydrogens is 666 g/mol. The monoisotopic (exact) mass is 712 g/mol. The molecule has 0 N–H and O–H groups in total. The zero-order chi connectivity index (χ0) is 23.1. The molecule has 2 aliphatic heterocycles. The van der Waals surface area contributed by atoms with Crippen LogP contribution < -0.4 is 48.0 Å². The number of unbranched alkanes of at least 4 members (excludes halogenated alkanes) is 5. The summed E-state index contributed by atoms with van der Waals surface area (Å²) >= 11 is 0. The van der Waals surface area contributed by atoms with Crippen LogP contribution in [0, 0.1) is 0 Å². The maximum atomic E-state index is 11.9. The number of hydrogen-bond donors (Lipinski definition) is 0. The van der Waals surface area contributed by atoms with Crippen LogP contribution in [0.5, 0.6) is 0 Å². The van der Waals surface area contributed by atoms with Crippen LogP contribution in [0.4, 0.5) is 0 Å². The first-order chi connectivity index (χ1) is 15.4. The highest BCUT2D eigenvalue weighted by atomic mass is 127. The molecule has 2 aliphatic rings. The predicted molar refractivity (Wildman–Crippen MR) is 122 cm³/mol. The lowest BCUT2D eigenvalue weighted by Gasteiger charge is -2.37. The highest BCUT2D eigenvalue weighted by molar-refractivity contribution is 5.69. The lowest BCUT2D eigenvalue weighted by atomic mass is 10.1. The molecule has 34 heavy (non-hydrogen) atoms. The third-order valence-corrected chi connectivity index (χ3v) is 6.90. The van der Waals surface area contributed by atoms with E-state index in [1.54, 1.807) is 0 Å². The predicted octanol–water partition coefficient (Wildman–Crippen LogP) is -3.84. The first-order valence-corrected chi connectivity index (χ1v) is 12.5. The van der Waals surface area contributed by atoms with E-state index in [2.05, 4.69) is 14.1 Å². The second-order valence-corrected chi connectivity index (χ2v) is 9.87. The van der Waals surface area contributed by atoms with Gasteiger partial charge in [-0.05, 0) is 12.8 Å². The maximum Gasteiger partial charge on any atom is 0.305 e. The van der Waals surface area contributed by atoms with Gasteiger partial charge in [0.1, 0.15) is 52.5 Å². The molecule has 0 atom stereocenters. The standard InChI is InChI=1S/C24H46N2O6.2HI/c1-25(11-17-29-18-12-25)15-21-31-23(27)9-7-5-3-4-6-8-10-24(28)32-22-16-26(2)13-19-30-20-14-26;;/h3-22H2,1-2H3;2*1H/q+2;;/p-2. The molecule has 8 nitrogen and oxygen atoms in total. The molecule has 0 aliphatic carbocycles. The number of quaternary nitrogens is 2. The Kier molecular flexibility index (Phi) is 19.5. The average molecular weight is 712 g/mol. The molecule has 2 heterocycles. The van der Waals surface area contributed by atoms with Gasteiger partial charge >= 0.3 is 11.9 Å². The molecule has 202 valence electrons. The average Bonchev–Trinajstić information content (AvgIpc) is 2.76. The third kappa shape index (κ3) is 15.4. The Labute approximate surface area is 240 Å². The van der Waals surface area contributed by atoms with Crippen LogP contribution >= 0.6 is 0 Å². The highest BCUT2D eigenvalue weighted by Crippen LogP contribution is 2.11. The quantitative estimate of drug-likeness (QED) is 0.0751. The van der Waals surface area contributed by atoms with Gasteiger partial charge in [0.25, 0.3) is 0 Å². The van der Waals surface area contributed by atoms with Gasteiger partial charge < -0.3 is 75.9 Å². The lowest BCUT2D eigenvalue weighted by Crippen LogP contribution is -3.00. The molecule has 0 aromatic carbocycles. The number of nitrogens with zero attached hydrogens (tertiary/aromatic N) is 2. The Morgan fingerprint density at radius 1 is 0.618 bits per heavy atom. The molecule has 0 unspecified atom stereocenters. The van der Waals surface area contributed by atoms with Gasteiger partial charge in [0.15, 0.2) is 0 Å². The molecule has 0 aromatic heterocycles. The highest BCUT2D eigenvalue weighted by Gasteiger charge is 2.26. The first kappa shape index (κ1) is 34.2. The second kappa shape index (κ2) is 19.4. The van der Waals surface area contributed by atoms with Gasteiger partial charge in [-0.2, -0.15) is 0 Å². The normalized spacial score (nSPS) is 18.8. The van der Waals surface area contributed by atoms with Crippen LogP contribution in [0.25, 0.3) is 0 Å². The van der Waals surface area contributed by atoms with Crippen molar-refractivity contribution in [1.29, 1.82) is 0 Å². The summed E-state index contributed by atoms with van der Waals surface area (Å²) in [6.07, 6.45) is 7.01. The zero-order valence-electron chi connectivity index (χ0n) is 21.2. The van der Waals surface area contributed by atoms with E-state index in [0.29, 0.717) is 26.1 Å². The number of esters is 2. The van der Waals surface area contributed by atoms with Gasteiger partial charge in [0.05, 0.1) is 40.5 Å². The fourth-order valence-corrected chi connectivity index (χ4v) is 4.16. The molecule has 0 radical (unpaired) electrons. The number of likely N-dealkylation sites (N-methyl/N-ethyl adjacent to an activating group) is 2. The smallest absolute Gasteiger partial charge is 0.305 e. The van der Waals surface area contributed by atoms with Crippen LogP contribution in [-0.2, 0) is 28.5 Å². The van der Waals surface area contributed by atoms with Crippen molar-refractivity contribution < 1.29 is 85.5 Å². The molecule has 2 saturated heterocycles. The van der Waals surface area contributed by atoms with Gasteiger partial charge in [0, 0.05) is 12.8 Å². The molecule has 2 fully saturated rings. The van der Waals surface area contributed by atoms with Gasteiger partial charge in [-0.15, -0.1) is 0 Å². The Hall–Kier alpha value is 0.240. The van der Waals surface area contributed by atoms with Crippen LogP contribution in [0.15, 0.2) is 0 Å². The summed E-state index contributed by atoms with van der Waals surface area (Å²) in [5, 5.41) is 0. The van der Waals surface area contributed by atoms with Crippen molar-refractivity contribution in [3.63, 3.8) is 0 Å². The Balaban J connectivity index is 0.00000544. The van der Waals surface area contributed by atoms with E-state index in [1.165, 1.54) is 0 Å². The number of halogens is 2. The molecule has 0 aromatic rings. The summed E-state index contributed by atoms with van der Waals surface area (Å²) in [5.74, 6) is -0.165. The molecule has 0 spiro atoms. The maximum absolute atomic E-state index is 11.9. The third-order valence-electron chi connectivity index (χ3n) is 6.90. The fraction of sp³-hybridized carbons (Fsp3) is 0.917. The van der Waals surface area contributed by atoms with E-state index in [9.17, 15) is 9.59 Å². The topological polar surface area (TPSA) is 71.1 Å². The molecule has 0 amide bonds. The number of carbonyl (C=O) groups excluding carboxylic acids is 2. The molecule has 2 rings (SSSR count). The van der Waals surface area contributed by atoms with Gasteiger partial charge in [0.2, 0.25) is 0 Å². The SMILES string of the molecule is C[N+]1(CCOC(=O)CCCCCCCCC(=O)OCC[N+]2(C)CCOCC2)CCOCC1.[I-].[I-]. The zero-order valence-corrected chi connectivity index (χ0v) is 25.6. The number of hydrogen-bond acceptors (Lipinski definition) is 6. The summed E-state index contributed by atoms with van der Waals surface area (Å²) in [7, 11) is 4.39. The van der Waals surface area contributed by atoms with Crippen molar-refractivity contribution >= 4 is 11.9 Å². The number of morpholine rings is 2. The largest absolute Gasteiger partial charge is 1.00 e. The number of rotatable bonds is 15. The lowest BCUT2D eigenvalue weighted by molar-refractivity contribution is -0.917. The summed E-state index contributed by atoms with van der Waals surface area (Å²) in [4.78, 5) is 23.8. The minimum Gasteiger partial charge on any atom is -1.00 e. The summed E-state index contributed by atoms with van der Waals surface area (Å²) in [6, 6.07) is 0. The minimum absolute atomic E-state index is 0. The van der Waals surface area contributed by atoms with Crippen LogP contribution in [-0.4, -0.2) is 114 Å². The summed E-state index contributed by atoms with van der Waals surface area (Å²) in [6.45, 7) is 9.86. The van der Waals surface area contributed by atoms with Crippen molar-refractivity contribution in [2.45, 2.75) is 51.4 Å². The van der Waals surface area contributed by atoms with Crippen molar-refractivity contribution in [2.75, 3.05) is 93.0 Å². The second-order valence-electron chi connectivity index (χ2n) is 9.87. The van der Waals surface area contributed by atoms with E-state index in [-0.39, 0.29) is 59.9 Å². The Morgan fingerprint density at radius 3 is 1.29 bits per heavy atom. The number of ether oxygens (including phenoxy) is 4. The summed E-state index contributed by atoms with van der Waals surface area (Å²) in [5.41, 5.74) is 0. The van der Waals surface area contributed by atoms with E-state index < -0.39 is 0 Å².